The number of benzene rings is 1. The molecule has 5 rings (SSSR count). The van der Waals surface area contributed by atoms with Crippen molar-refractivity contribution < 1.29 is 4.39 Å². The Labute approximate surface area is 176 Å². The van der Waals surface area contributed by atoms with Crippen LogP contribution in [0.2, 0.25) is 0 Å². The van der Waals surface area contributed by atoms with E-state index in [-0.39, 0.29) is 5.82 Å². The van der Waals surface area contributed by atoms with Crippen LogP contribution in [0, 0.1) is 11.7 Å². The van der Waals surface area contributed by atoms with E-state index in [1.54, 1.807) is 0 Å². The van der Waals surface area contributed by atoms with Gasteiger partial charge in [-0.05, 0) is 55.6 Å². The summed E-state index contributed by atoms with van der Waals surface area (Å²) in [6.07, 6.45) is 11.2. The van der Waals surface area contributed by atoms with Crippen LogP contribution in [0.25, 0.3) is 22.6 Å². The fraction of sp³-hybridized carbons (Fsp3) is 0.458. The van der Waals surface area contributed by atoms with Gasteiger partial charge in [0.15, 0.2) is 0 Å². The van der Waals surface area contributed by atoms with Gasteiger partial charge in [-0.1, -0.05) is 25.7 Å². The summed E-state index contributed by atoms with van der Waals surface area (Å²) in [6.45, 7) is 0.517. The molecule has 6 heteroatoms. The lowest BCUT2D eigenvalue weighted by atomic mass is 9.96. The van der Waals surface area contributed by atoms with E-state index < -0.39 is 0 Å². The van der Waals surface area contributed by atoms with Crippen molar-refractivity contribution in [3.05, 3.63) is 54.0 Å². The molecular weight excluding hydrogens is 377 g/mol. The molecule has 0 amide bonds. The van der Waals surface area contributed by atoms with E-state index in [1.807, 2.05) is 24.4 Å². The lowest BCUT2D eigenvalue weighted by Crippen LogP contribution is -2.12. The molecule has 2 aliphatic rings. The van der Waals surface area contributed by atoms with Crippen LogP contribution in [0.4, 0.5) is 4.39 Å². The van der Waals surface area contributed by atoms with Crippen LogP contribution in [0.5, 0.6) is 0 Å². The average molecular weight is 406 g/mol. The Morgan fingerprint density at radius 3 is 2.60 bits per heavy atom. The first-order valence-electron chi connectivity index (χ1n) is 11.1. The van der Waals surface area contributed by atoms with Crippen LogP contribution < -0.4 is 5.73 Å². The second-order valence-electron chi connectivity index (χ2n) is 8.58. The Balaban J connectivity index is 1.62. The molecule has 1 atom stereocenters. The molecular formula is C24H28FN5. The van der Waals surface area contributed by atoms with Gasteiger partial charge in [-0.25, -0.2) is 19.3 Å². The molecule has 5 nitrogen and oxygen atoms in total. The van der Waals surface area contributed by atoms with Gasteiger partial charge in [0.25, 0.3) is 0 Å². The molecule has 1 fully saturated rings. The third kappa shape index (κ3) is 3.65. The summed E-state index contributed by atoms with van der Waals surface area (Å²) in [4.78, 5) is 14.2. The number of rotatable bonds is 6. The van der Waals surface area contributed by atoms with Crippen molar-refractivity contribution in [1.29, 1.82) is 0 Å². The van der Waals surface area contributed by atoms with Gasteiger partial charge in [0.05, 0.1) is 17.1 Å². The summed E-state index contributed by atoms with van der Waals surface area (Å²) < 4.78 is 16.0. The molecule has 1 aliphatic carbocycles. The maximum atomic E-state index is 13.6. The molecule has 0 radical (unpaired) electrons. The van der Waals surface area contributed by atoms with Crippen molar-refractivity contribution in [2.45, 2.75) is 57.4 Å². The summed E-state index contributed by atoms with van der Waals surface area (Å²) in [6, 6.07) is 9.03. The van der Waals surface area contributed by atoms with Crippen molar-refractivity contribution in [3.63, 3.8) is 0 Å². The number of hydrogen-bond donors (Lipinski definition) is 1. The molecule has 0 bridgehead atoms. The molecule has 1 aromatic carbocycles. The first-order valence-corrected chi connectivity index (χ1v) is 11.1. The predicted molar refractivity (Wildman–Crippen MR) is 115 cm³/mol. The van der Waals surface area contributed by atoms with E-state index in [0.717, 1.165) is 53.1 Å². The van der Waals surface area contributed by atoms with Gasteiger partial charge in [-0.2, -0.15) is 0 Å². The van der Waals surface area contributed by atoms with Crippen molar-refractivity contribution in [2.75, 3.05) is 6.54 Å². The summed E-state index contributed by atoms with van der Waals surface area (Å²) in [5.41, 5.74) is 9.46. The smallest absolute Gasteiger partial charge is 0.130 e. The zero-order valence-electron chi connectivity index (χ0n) is 17.2. The van der Waals surface area contributed by atoms with E-state index in [0.29, 0.717) is 19.0 Å². The maximum Gasteiger partial charge on any atom is 0.130 e. The van der Waals surface area contributed by atoms with Crippen LogP contribution in [0.3, 0.4) is 0 Å². The molecule has 1 saturated carbocycles. The summed E-state index contributed by atoms with van der Waals surface area (Å²) in [7, 11) is 0. The van der Waals surface area contributed by atoms with E-state index in [4.69, 9.17) is 15.7 Å². The number of aryl methyl sites for hydroxylation is 1. The van der Waals surface area contributed by atoms with Crippen molar-refractivity contribution in [1.82, 2.24) is 19.5 Å². The molecule has 2 aromatic heterocycles. The summed E-state index contributed by atoms with van der Waals surface area (Å²) >= 11 is 0. The van der Waals surface area contributed by atoms with Gasteiger partial charge in [-0.15, -0.1) is 0 Å². The summed E-state index contributed by atoms with van der Waals surface area (Å²) in [5.74, 6) is 2.44. The Bertz CT molecular complexity index is 1020. The SMILES string of the molecule is NCCc1nccc(-c2c(-c3ccc(F)cc3)nc3n2[C@H](CC2CCCC2)CC3)n1. The molecule has 0 unspecified atom stereocenters. The fourth-order valence-electron chi connectivity index (χ4n) is 5.16. The maximum absolute atomic E-state index is 13.6. The van der Waals surface area contributed by atoms with Crippen LogP contribution in [-0.2, 0) is 12.8 Å². The highest BCUT2D eigenvalue weighted by Gasteiger charge is 2.32. The van der Waals surface area contributed by atoms with Crippen molar-refractivity contribution in [2.24, 2.45) is 11.7 Å². The van der Waals surface area contributed by atoms with E-state index in [9.17, 15) is 4.39 Å². The topological polar surface area (TPSA) is 69.6 Å². The lowest BCUT2D eigenvalue weighted by molar-refractivity contribution is 0.382. The number of hydrogen-bond acceptors (Lipinski definition) is 4. The highest BCUT2D eigenvalue weighted by atomic mass is 19.1. The largest absolute Gasteiger partial charge is 0.330 e. The predicted octanol–water partition coefficient (Wildman–Crippen LogP) is 4.72. The third-order valence-corrected chi connectivity index (χ3v) is 6.56. The molecule has 0 spiro atoms. The zero-order chi connectivity index (χ0) is 20.5. The number of halogens is 1. The minimum Gasteiger partial charge on any atom is -0.330 e. The van der Waals surface area contributed by atoms with Crippen LogP contribution in [-0.4, -0.2) is 26.1 Å². The van der Waals surface area contributed by atoms with Crippen molar-refractivity contribution in [3.8, 4) is 22.6 Å². The Kier molecular flexibility index (Phi) is 5.34. The molecule has 0 saturated heterocycles. The van der Waals surface area contributed by atoms with Crippen molar-refractivity contribution >= 4 is 0 Å². The number of nitrogens with two attached hydrogens (primary N) is 1. The van der Waals surface area contributed by atoms with Gasteiger partial charge in [0, 0.05) is 30.6 Å². The van der Waals surface area contributed by atoms with E-state index >= 15 is 0 Å². The zero-order valence-corrected chi connectivity index (χ0v) is 17.2. The minimum atomic E-state index is -0.238. The number of imidazole rings is 1. The average Bonchev–Trinajstić information content (AvgIpc) is 3.48. The minimum absolute atomic E-state index is 0.238. The van der Waals surface area contributed by atoms with Crippen LogP contribution in [0.15, 0.2) is 36.5 Å². The number of nitrogens with zero attached hydrogens (tertiary/aromatic N) is 4. The Morgan fingerprint density at radius 2 is 1.83 bits per heavy atom. The van der Waals surface area contributed by atoms with Crippen LogP contribution in [0.1, 0.15) is 56.2 Å². The molecule has 3 aromatic rings. The Hall–Kier alpha value is -2.60. The van der Waals surface area contributed by atoms with E-state index in [1.165, 1.54) is 44.2 Å². The Morgan fingerprint density at radius 1 is 1.03 bits per heavy atom. The van der Waals surface area contributed by atoms with Crippen LogP contribution >= 0.6 is 0 Å². The quantitative estimate of drug-likeness (QED) is 0.644. The molecule has 1 aliphatic heterocycles. The third-order valence-electron chi connectivity index (χ3n) is 6.56. The summed E-state index contributed by atoms with van der Waals surface area (Å²) in [5, 5.41) is 0. The monoisotopic (exact) mass is 405 g/mol. The lowest BCUT2D eigenvalue weighted by Gasteiger charge is -2.20. The van der Waals surface area contributed by atoms with Gasteiger partial charge in [0.1, 0.15) is 17.5 Å². The highest BCUT2D eigenvalue weighted by molar-refractivity contribution is 5.77. The first-order chi connectivity index (χ1) is 14.7. The molecule has 156 valence electrons. The van der Waals surface area contributed by atoms with Gasteiger partial charge >= 0.3 is 0 Å². The molecule has 2 N–H and O–H groups in total. The van der Waals surface area contributed by atoms with Gasteiger partial charge in [-0.3, -0.25) is 0 Å². The number of fused-ring (bicyclic) bond motifs is 1. The molecule has 30 heavy (non-hydrogen) atoms. The molecule has 3 heterocycles. The van der Waals surface area contributed by atoms with Gasteiger partial charge in [0.2, 0.25) is 0 Å². The number of aromatic nitrogens is 4. The van der Waals surface area contributed by atoms with E-state index in [2.05, 4.69) is 9.55 Å². The van der Waals surface area contributed by atoms with Gasteiger partial charge < -0.3 is 10.3 Å². The standard InChI is InChI=1S/C24H28FN5/c25-18-7-5-17(6-8-18)23-24(20-12-14-27-21(28-20)11-13-26)30-19(9-10-22(30)29-23)15-16-3-1-2-4-16/h5-8,12,14,16,19H,1-4,9-11,13,15,26H2/t19-/m0/s1. The second-order valence-corrected chi connectivity index (χ2v) is 8.58. The fourth-order valence-corrected chi connectivity index (χ4v) is 5.16. The first kappa shape index (κ1) is 19.4. The second kappa shape index (κ2) is 8.26. The normalized spacial score (nSPS) is 18.8. The highest BCUT2D eigenvalue weighted by Crippen LogP contribution is 2.43.